The Morgan fingerprint density at radius 2 is 2.20 bits per heavy atom. The first-order valence-electron chi connectivity index (χ1n) is 3.65. The summed E-state index contributed by atoms with van der Waals surface area (Å²) in [4.78, 5) is 10.8. The van der Waals surface area contributed by atoms with Crippen molar-refractivity contribution in [2.45, 2.75) is 20.3 Å². The van der Waals surface area contributed by atoms with Gasteiger partial charge in [-0.2, -0.15) is 11.8 Å². The Morgan fingerprint density at radius 3 is 2.70 bits per heavy atom. The molecule has 0 aliphatic heterocycles. The van der Waals surface area contributed by atoms with Gasteiger partial charge in [0.15, 0.2) is 0 Å². The van der Waals surface area contributed by atoms with Crippen LogP contribution in [0.25, 0.3) is 0 Å². The molecule has 60 valence electrons. The van der Waals surface area contributed by atoms with Crippen molar-refractivity contribution < 1.29 is 4.79 Å². The Morgan fingerprint density at radius 1 is 1.50 bits per heavy atom. The monoisotopic (exact) mass is 161 g/mol. The maximum atomic E-state index is 10.8. The van der Waals surface area contributed by atoms with Gasteiger partial charge in [0.05, 0.1) is 0 Å². The number of amides is 1. The molecule has 0 rings (SSSR count). The Bertz CT molecular complexity index is 95.6. The SMILES string of the molecule is CCNC(=O)CCSCC. The minimum Gasteiger partial charge on any atom is -0.356 e. The first-order valence-corrected chi connectivity index (χ1v) is 4.81. The number of rotatable bonds is 5. The van der Waals surface area contributed by atoms with E-state index >= 15 is 0 Å². The van der Waals surface area contributed by atoms with Crippen LogP contribution in [0.4, 0.5) is 0 Å². The second-order valence-corrected chi connectivity index (χ2v) is 3.29. The Hall–Kier alpha value is -0.180. The van der Waals surface area contributed by atoms with Crippen molar-refractivity contribution in [3.8, 4) is 0 Å². The molecule has 0 fully saturated rings. The zero-order valence-corrected chi connectivity index (χ0v) is 7.46. The summed E-state index contributed by atoms with van der Waals surface area (Å²) in [7, 11) is 0. The fraction of sp³-hybridized carbons (Fsp3) is 0.857. The molecule has 0 spiro atoms. The smallest absolute Gasteiger partial charge is 0.220 e. The van der Waals surface area contributed by atoms with Crippen LogP contribution in [0.5, 0.6) is 0 Å². The summed E-state index contributed by atoms with van der Waals surface area (Å²) in [6, 6.07) is 0. The molecule has 0 aliphatic carbocycles. The minimum atomic E-state index is 0.170. The van der Waals surface area contributed by atoms with Gasteiger partial charge >= 0.3 is 0 Å². The quantitative estimate of drug-likeness (QED) is 0.615. The van der Waals surface area contributed by atoms with E-state index in [2.05, 4.69) is 12.2 Å². The summed E-state index contributed by atoms with van der Waals surface area (Å²) in [5.41, 5.74) is 0. The van der Waals surface area contributed by atoms with Crippen LogP contribution in [0.2, 0.25) is 0 Å². The molecule has 0 saturated heterocycles. The van der Waals surface area contributed by atoms with Gasteiger partial charge in [0, 0.05) is 18.7 Å². The van der Waals surface area contributed by atoms with Crippen molar-refractivity contribution in [1.29, 1.82) is 0 Å². The Labute approximate surface area is 66.8 Å². The summed E-state index contributed by atoms with van der Waals surface area (Å²) in [5.74, 6) is 2.21. The predicted octanol–water partition coefficient (Wildman–Crippen LogP) is 1.27. The van der Waals surface area contributed by atoms with Gasteiger partial charge in [-0.15, -0.1) is 0 Å². The molecule has 0 aromatic carbocycles. The highest BCUT2D eigenvalue weighted by molar-refractivity contribution is 7.99. The van der Waals surface area contributed by atoms with E-state index in [-0.39, 0.29) is 5.91 Å². The zero-order chi connectivity index (χ0) is 7.82. The van der Waals surface area contributed by atoms with Crippen molar-refractivity contribution in [1.82, 2.24) is 5.32 Å². The van der Waals surface area contributed by atoms with E-state index in [0.717, 1.165) is 18.1 Å². The lowest BCUT2D eigenvalue weighted by Crippen LogP contribution is -2.22. The first-order chi connectivity index (χ1) is 4.81. The van der Waals surface area contributed by atoms with E-state index < -0.39 is 0 Å². The summed E-state index contributed by atoms with van der Waals surface area (Å²) < 4.78 is 0. The average Bonchev–Trinajstić information content (AvgIpc) is 1.89. The summed E-state index contributed by atoms with van der Waals surface area (Å²) >= 11 is 1.80. The summed E-state index contributed by atoms with van der Waals surface area (Å²) in [5, 5.41) is 2.75. The third kappa shape index (κ3) is 5.95. The fourth-order valence-corrected chi connectivity index (χ4v) is 1.21. The van der Waals surface area contributed by atoms with E-state index in [1.807, 2.05) is 6.92 Å². The molecule has 0 saturated carbocycles. The van der Waals surface area contributed by atoms with Crippen LogP contribution >= 0.6 is 11.8 Å². The van der Waals surface area contributed by atoms with Crippen molar-refractivity contribution in [2.24, 2.45) is 0 Å². The molecular weight excluding hydrogens is 146 g/mol. The summed E-state index contributed by atoms with van der Waals surface area (Å²) in [6.45, 7) is 4.78. The van der Waals surface area contributed by atoms with E-state index in [4.69, 9.17) is 0 Å². The second-order valence-electron chi connectivity index (χ2n) is 1.90. The normalized spacial score (nSPS) is 9.40. The number of nitrogens with one attached hydrogen (secondary N) is 1. The molecule has 3 heteroatoms. The average molecular weight is 161 g/mol. The fourth-order valence-electron chi connectivity index (χ4n) is 0.595. The largest absolute Gasteiger partial charge is 0.356 e. The van der Waals surface area contributed by atoms with Gasteiger partial charge in [-0.1, -0.05) is 6.92 Å². The van der Waals surface area contributed by atoms with Crippen LogP contribution in [0.15, 0.2) is 0 Å². The molecule has 1 amide bonds. The Kier molecular flexibility index (Phi) is 6.81. The van der Waals surface area contributed by atoms with Crippen LogP contribution in [0, 0.1) is 0 Å². The number of carbonyl (C=O) groups is 1. The maximum Gasteiger partial charge on any atom is 0.220 e. The minimum absolute atomic E-state index is 0.170. The molecule has 10 heavy (non-hydrogen) atoms. The lowest BCUT2D eigenvalue weighted by molar-refractivity contribution is -0.120. The van der Waals surface area contributed by atoms with Gasteiger partial charge in [0.25, 0.3) is 0 Å². The van der Waals surface area contributed by atoms with Crippen molar-refractivity contribution >= 4 is 17.7 Å². The van der Waals surface area contributed by atoms with E-state index in [1.165, 1.54) is 0 Å². The second kappa shape index (κ2) is 6.93. The van der Waals surface area contributed by atoms with Crippen molar-refractivity contribution in [3.05, 3.63) is 0 Å². The first kappa shape index (κ1) is 9.82. The van der Waals surface area contributed by atoms with Crippen LogP contribution < -0.4 is 5.32 Å². The molecule has 0 aliphatic rings. The summed E-state index contributed by atoms with van der Waals surface area (Å²) in [6.07, 6.45) is 0.659. The van der Waals surface area contributed by atoms with Crippen LogP contribution in [-0.2, 0) is 4.79 Å². The molecule has 0 heterocycles. The number of hydrogen-bond acceptors (Lipinski definition) is 2. The van der Waals surface area contributed by atoms with Gasteiger partial charge in [-0.25, -0.2) is 0 Å². The lowest BCUT2D eigenvalue weighted by Gasteiger charge is -1.99. The highest BCUT2D eigenvalue weighted by Gasteiger charge is 1.96. The molecule has 0 unspecified atom stereocenters. The topological polar surface area (TPSA) is 29.1 Å². The molecular formula is C7H15NOS. The molecule has 0 radical (unpaired) electrons. The number of thioether (sulfide) groups is 1. The molecule has 0 bridgehead atoms. The number of carbonyl (C=O) groups excluding carboxylic acids is 1. The van der Waals surface area contributed by atoms with Gasteiger partial charge in [0.2, 0.25) is 5.91 Å². The van der Waals surface area contributed by atoms with Gasteiger partial charge in [-0.05, 0) is 12.7 Å². The van der Waals surface area contributed by atoms with E-state index in [9.17, 15) is 4.79 Å². The highest BCUT2D eigenvalue weighted by atomic mass is 32.2. The molecule has 0 aromatic rings. The van der Waals surface area contributed by atoms with Crippen LogP contribution in [-0.4, -0.2) is 24.0 Å². The lowest BCUT2D eigenvalue weighted by atomic mass is 10.4. The van der Waals surface area contributed by atoms with Crippen molar-refractivity contribution in [2.75, 3.05) is 18.1 Å². The molecule has 2 nitrogen and oxygen atoms in total. The molecule has 0 atom stereocenters. The van der Waals surface area contributed by atoms with Crippen molar-refractivity contribution in [3.63, 3.8) is 0 Å². The highest BCUT2D eigenvalue weighted by Crippen LogP contribution is 1.99. The standard InChI is InChI=1S/C7H15NOS/c1-3-8-7(9)5-6-10-4-2/h3-6H2,1-2H3,(H,8,9). The maximum absolute atomic E-state index is 10.8. The predicted molar refractivity (Wildman–Crippen MR) is 46.3 cm³/mol. The van der Waals surface area contributed by atoms with Gasteiger partial charge in [-0.3, -0.25) is 4.79 Å². The van der Waals surface area contributed by atoms with Gasteiger partial charge < -0.3 is 5.32 Å². The molecule has 1 N–H and O–H groups in total. The third-order valence-corrected chi connectivity index (χ3v) is 1.95. The zero-order valence-electron chi connectivity index (χ0n) is 6.64. The van der Waals surface area contributed by atoms with E-state index in [0.29, 0.717) is 6.42 Å². The van der Waals surface area contributed by atoms with Crippen LogP contribution in [0.1, 0.15) is 20.3 Å². The molecule has 0 aromatic heterocycles. The third-order valence-electron chi connectivity index (χ3n) is 1.05. The van der Waals surface area contributed by atoms with E-state index in [1.54, 1.807) is 11.8 Å². The number of hydrogen-bond donors (Lipinski definition) is 1. The van der Waals surface area contributed by atoms with Crippen LogP contribution in [0.3, 0.4) is 0 Å². The van der Waals surface area contributed by atoms with Gasteiger partial charge in [0.1, 0.15) is 0 Å². The Balaban J connectivity index is 3.05.